The number of nitrogens with one attached hydrogen (secondary N) is 1. The highest BCUT2D eigenvalue weighted by Crippen LogP contribution is 2.24. The first-order valence-electron chi connectivity index (χ1n) is 6.98. The second-order valence-electron chi connectivity index (χ2n) is 5.67. The van der Waals surface area contributed by atoms with Crippen molar-refractivity contribution in [1.82, 2.24) is 5.32 Å². The van der Waals surface area contributed by atoms with Crippen molar-refractivity contribution in [1.29, 1.82) is 0 Å². The molecule has 1 saturated carbocycles. The molecule has 2 unspecified atom stereocenters. The number of carbonyl (C=O) groups is 1. The van der Waals surface area contributed by atoms with E-state index in [1.807, 2.05) is 0 Å². The maximum atomic E-state index is 11.9. The third-order valence-electron chi connectivity index (χ3n) is 3.78. The second kappa shape index (κ2) is 6.03. The molecule has 1 aliphatic carbocycles. The summed E-state index contributed by atoms with van der Waals surface area (Å²) in [5, 5.41) is 3.16. The normalized spacial score (nSPS) is 23.0. The molecule has 0 saturated heterocycles. The summed E-state index contributed by atoms with van der Waals surface area (Å²) >= 11 is 0. The van der Waals surface area contributed by atoms with E-state index in [4.69, 9.17) is 0 Å². The van der Waals surface area contributed by atoms with Crippen LogP contribution in [0.15, 0.2) is 24.3 Å². The Hall–Kier alpha value is -1.31. The van der Waals surface area contributed by atoms with Gasteiger partial charge in [-0.2, -0.15) is 0 Å². The molecule has 1 aromatic rings. The maximum Gasteiger partial charge on any atom is 0.220 e. The molecule has 0 heterocycles. The lowest BCUT2D eigenvalue weighted by Crippen LogP contribution is -2.32. The van der Waals surface area contributed by atoms with E-state index in [-0.39, 0.29) is 5.91 Å². The van der Waals surface area contributed by atoms with Gasteiger partial charge < -0.3 is 5.32 Å². The van der Waals surface area contributed by atoms with E-state index in [1.165, 1.54) is 17.5 Å². The van der Waals surface area contributed by atoms with Gasteiger partial charge in [-0.15, -0.1) is 0 Å². The minimum absolute atomic E-state index is 0.204. The summed E-state index contributed by atoms with van der Waals surface area (Å²) in [4.78, 5) is 11.9. The molecule has 1 aliphatic rings. The van der Waals surface area contributed by atoms with Crippen LogP contribution in [0.25, 0.3) is 0 Å². The van der Waals surface area contributed by atoms with E-state index in [0.717, 1.165) is 25.2 Å². The minimum Gasteiger partial charge on any atom is -0.353 e. The Kier molecular flexibility index (Phi) is 4.40. The average Bonchev–Trinajstić information content (AvgIpc) is 2.72. The fourth-order valence-corrected chi connectivity index (χ4v) is 2.76. The van der Waals surface area contributed by atoms with Crippen LogP contribution in [0.4, 0.5) is 0 Å². The zero-order valence-corrected chi connectivity index (χ0v) is 11.4. The van der Waals surface area contributed by atoms with Gasteiger partial charge in [-0.1, -0.05) is 36.8 Å². The summed E-state index contributed by atoms with van der Waals surface area (Å²) in [6, 6.07) is 8.82. The number of carbonyl (C=O) groups excluding carboxylic acids is 1. The van der Waals surface area contributed by atoms with Crippen LogP contribution in [-0.4, -0.2) is 11.9 Å². The van der Waals surface area contributed by atoms with Gasteiger partial charge in [0.05, 0.1) is 0 Å². The third kappa shape index (κ3) is 3.86. The summed E-state index contributed by atoms with van der Waals surface area (Å²) in [5.41, 5.74) is 2.52. The SMILES string of the molecule is Cc1cccc(CCC(=O)NC2CCC(C)C2)c1. The highest BCUT2D eigenvalue weighted by Gasteiger charge is 2.22. The molecule has 1 fully saturated rings. The Bertz CT molecular complexity index is 413. The number of hydrogen-bond acceptors (Lipinski definition) is 1. The van der Waals surface area contributed by atoms with Crippen molar-refractivity contribution >= 4 is 5.91 Å². The van der Waals surface area contributed by atoms with Gasteiger partial charge >= 0.3 is 0 Å². The Morgan fingerprint density at radius 1 is 1.39 bits per heavy atom. The Morgan fingerprint density at radius 2 is 2.22 bits per heavy atom. The van der Waals surface area contributed by atoms with E-state index >= 15 is 0 Å². The van der Waals surface area contributed by atoms with E-state index in [0.29, 0.717) is 12.5 Å². The highest BCUT2D eigenvalue weighted by atomic mass is 16.1. The molecule has 1 N–H and O–H groups in total. The van der Waals surface area contributed by atoms with Crippen LogP contribution >= 0.6 is 0 Å². The van der Waals surface area contributed by atoms with Crippen molar-refractivity contribution in [3.8, 4) is 0 Å². The molecule has 0 radical (unpaired) electrons. The lowest BCUT2D eigenvalue weighted by Gasteiger charge is -2.12. The molecule has 2 heteroatoms. The minimum atomic E-state index is 0.204. The van der Waals surface area contributed by atoms with E-state index in [1.54, 1.807) is 0 Å². The van der Waals surface area contributed by atoms with Crippen molar-refractivity contribution in [2.45, 2.75) is 52.0 Å². The Morgan fingerprint density at radius 3 is 2.89 bits per heavy atom. The van der Waals surface area contributed by atoms with E-state index < -0.39 is 0 Å². The van der Waals surface area contributed by atoms with Crippen LogP contribution in [0, 0.1) is 12.8 Å². The molecule has 0 aliphatic heterocycles. The monoisotopic (exact) mass is 245 g/mol. The molecule has 1 aromatic carbocycles. The van der Waals surface area contributed by atoms with Crippen molar-refractivity contribution in [3.05, 3.63) is 35.4 Å². The van der Waals surface area contributed by atoms with Gasteiger partial charge in [-0.05, 0) is 44.1 Å². The van der Waals surface area contributed by atoms with Crippen molar-refractivity contribution < 1.29 is 4.79 Å². The van der Waals surface area contributed by atoms with Crippen LogP contribution in [0.3, 0.4) is 0 Å². The molecule has 98 valence electrons. The van der Waals surface area contributed by atoms with Crippen molar-refractivity contribution in [2.75, 3.05) is 0 Å². The van der Waals surface area contributed by atoms with Gasteiger partial charge in [0.2, 0.25) is 5.91 Å². The molecular weight excluding hydrogens is 222 g/mol. The fraction of sp³-hybridized carbons (Fsp3) is 0.562. The predicted octanol–water partition coefficient (Wildman–Crippen LogP) is 3.23. The molecular formula is C16H23NO. The average molecular weight is 245 g/mol. The largest absolute Gasteiger partial charge is 0.353 e. The molecule has 0 aromatic heterocycles. The molecule has 0 bridgehead atoms. The van der Waals surface area contributed by atoms with Crippen LogP contribution in [0.5, 0.6) is 0 Å². The summed E-state index contributed by atoms with van der Waals surface area (Å²) in [6.07, 6.45) is 5.00. The first-order valence-corrected chi connectivity index (χ1v) is 6.98. The lowest BCUT2D eigenvalue weighted by molar-refractivity contribution is -0.121. The third-order valence-corrected chi connectivity index (χ3v) is 3.78. The highest BCUT2D eigenvalue weighted by molar-refractivity contribution is 5.76. The van der Waals surface area contributed by atoms with Gasteiger partial charge in [0.1, 0.15) is 0 Å². The van der Waals surface area contributed by atoms with Gasteiger partial charge in [0.15, 0.2) is 0 Å². The van der Waals surface area contributed by atoms with Gasteiger partial charge in [-0.3, -0.25) is 4.79 Å². The molecule has 2 atom stereocenters. The zero-order chi connectivity index (χ0) is 13.0. The van der Waals surface area contributed by atoms with E-state index in [9.17, 15) is 4.79 Å². The maximum absolute atomic E-state index is 11.9. The van der Waals surface area contributed by atoms with Gasteiger partial charge in [0, 0.05) is 12.5 Å². The molecule has 0 spiro atoms. The predicted molar refractivity (Wildman–Crippen MR) is 74.4 cm³/mol. The molecule has 1 amide bonds. The van der Waals surface area contributed by atoms with Gasteiger partial charge in [0.25, 0.3) is 0 Å². The fourth-order valence-electron chi connectivity index (χ4n) is 2.76. The van der Waals surface area contributed by atoms with Crippen LogP contribution in [0.1, 0.15) is 43.7 Å². The summed E-state index contributed by atoms with van der Waals surface area (Å²) in [6.45, 7) is 4.35. The van der Waals surface area contributed by atoms with Crippen LogP contribution in [-0.2, 0) is 11.2 Å². The second-order valence-corrected chi connectivity index (χ2v) is 5.67. The first kappa shape index (κ1) is 13.1. The number of aryl methyl sites for hydroxylation is 2. The summed E-state index contributed by atoms with van der Waals surface area (Å²) in [5.74, 6) is 0.975. The summed E-state index contributed by atoms with van der Waals surface area (Å²) < 4.78 is 0. The molecule has 2 nitrogen and oxygen atoms in total. The number of rotatable bonds is 4. The van der Waals surface area contributed by atoms with Crippen LogP contribution in [0.2, 0.25) is 0 Å². The topological polar surface area (TPSA) is 29.1 Å². The molecule has 2 rings (SSSR count). The lowest BCUT2D eigenvalue weighted by atomic mass is 10.1. The number of benzene rings is 1. The molecule has 18 heavy (non-hydrogen) atoms. The number of amides is 1. The van der Waals surface area contributed by atoms with E-state index in [2.05, 4.69) is 43.4 Å². The Balaban J connectivity index is 1.75. The summed E-state index contributed by atoms with van der Waals surface area (Å²) in [7, 11) is 0. The van der Waals surface area contributed by atoms with Crippen molar-refractivity contribution in [3.63, 3.8) is 0 Å². The van der Waals surface area contributed by atoms with Crippen LogP contribution < -0.4 is 5.32 Å². The quantitative estimate of drug-likeness (QED) is 0.867. The zero-order valence-electron chi connectivity index (χ0n) is 11.4. The first-order chi connectivity index (χ1) is 8.63. The Labute approximate surface area is 110 Å². The smallest absolute Gasteiger partial charge is 0.220 e. The van der Waals surface area contributed by atoms with Gasteiger partial charge in [-0.25, -0.2) is 0 Å². The number of hydrogen-bond donors (Lipinski definition) is 1. The standard InChI is InChI=1S/C16H23NO/c1-12-4-3-5-14(10-12)7-9-16(18)17-15-8-6-13(2)11-15/h3-5,10,13,15H,6-9,11H2,1-2H3,(H,17,18). The van der Waals surface area contributed by atoms with Crippen molar-refractivity contribution in [2.24, 2.45) is 5.92 Å².